The van der Waals surface area contributed by atoms with Crippen LogP contribution in [0.3, 0.4) is 0 Å². The van der Waals surface area contributed by atoms with Gasteiger partial charge in [-0.2, -0.15) is 0 Å². The molecule has 1 N–H and O–H groups in total. The Kier molecular flexibility index (Phi) is 2.76. The van der Waals surface area contributed by atoms with Gasteiger partial charge in [-0.15, -0.1) is 0 Å². The van der Waals surface area contributed by atoms with Crippen LogP contribution in [0.2, 0.25) is 0 Å². The molecule has 0 aliphatic carbocycles. The molecule has 0 saturated carbocycles. The number of hydrogen-bond acceptors (Lipinski definition) is 2. The van der Waals surface area contributed by atoms with E-state index >= 15 is 0 Å². The summed E-state index contributed by atoms with van der Waals surface area (Å²) in [5, 5.41) is 11.3. The van der Waals surface area contributed by atoms with Gasteiger partial charge in [-0.3, -0.25) is 0 Å². The topological polar surface area (TPSA) is 33.4 Å². The molecule has 1 heterocycles. The fraction of sp³-hybridized carbons (Fsp3) is 0.429. The molecular weight excluding hydrogens is 200 g/mol. The maximum Gasteiger partial charge on any atom is 0.134 e. The third-order valence-electron chi connectivity index (χ3n) is 3.37. The van der Waals surface area contributed by atoms with Crippen LogP contribution in [0.15, 0.2) is 34.7 Å². The summed E-state index contributed by atoms with van der Waals surface area (Å²) in [4.78, 5) is 0. The molecule has 1 unspecified atom stereocenters. The molecule has 1 aromatic carbocycles. The number of para-hydroxylation sites is 1. The van der Waals surface area contributed by atoms with Crippen LogP contribution in [0.1, 0.15) is 39.1 Å². The van der Waals surface area contributed by atoms with Crippen molar-refractivity contribution in [1.29, 1.82) is 0 Å². The van der Waals surface area contributed by atoms with Crippen molar-refractivity contribution in [3.63, 3.8) is 0 Å². The van der Waals surface area contributed by atoms with E-state index in [4.69, 9.17) is 4.42 Å². The zero-order valence-electron chi connectivity index (χ0n) is 10.0. The first-order valence-corrected chi connectivity index (χ1v) is 5.71. The van der Waals surface area contributed by atoms with Crippen LogP contribution in [0.4, 0.5) is 0 Å². The number of hydrogen-bond donors (Lipinski definition) is 1. The van der Waals surface area contributed by atoms with Gasteiger partial charge >= 0.3 is 0 Å². The molecule has 0 radical (unpaired) electrons. The van der Waals surface area contributed by atoms with Gasteiger partial charge in [0.2, 0.25) is 0 Å². The van der Waals surface area contributed by atoms with Crippen molar-refractivity contribution in [2.24, 2.45) is 5.41 Å². The van der Waals surface area contributed by atoms with Gasteiger partial charge in [0, 0.05) is 5.39 Å². The van der Waals surface area contributed by atoms with Crippen molar-refractivity contribution in [2.45, 2.75) is 33.3 Å². The lowest BCUT2D eigenvalue weighted by atomic mass is 9.83. The van der Waals surface area contributed by atoms with Gasteiger partial charge < -0.3 is 9.52 Å². The van der Waals surface area contributed by atoms with E-state index in [-0.39, 0.29) is 5.41 Å². The molecule has 1 atom stereocenters. The highest BCUT2D eigenvalue weighted by molar-refractivity contribution is 5.77. The lowest BCUT2D eigenvalue weighted by Gasteiger charge is -2.27. The minimum Gasteiger partial charge on any atom is -0.458 e. The van der Waals surface area contributed by atoms with E-state index in [0.717, 1.165) is 17.4 Å². The van der Waals surface area contributed by atoms with Crippen molar-refractivity contribution in [3.8, 4) is 0 Å². The summed E-state index contributed by atoms with van der Waals surface area (Å²) in [5.41, 5.74) is 0.678. The van der Waals surface area contributed by atoms with Crippen LogP contribution in [-0.2, 0) is 0 Å². The first-order chi connectivity index (χ1) is 7.54. The smallest absolute Gasteiger partial charge is 0.134 e. The van der Waals surface area contributed by atoms with Crippen LogP contribution in [0.5, 0.6) is 0 Å². The summed E-state index contributed by atoms with van der Waals surface area (Å²) in [6.07, 6.45) is 0.357. The third-order valence-corrected chi connectivity index (χ3v) is 3.37. The minimum atomic E-state index is -0.551. The largest absolute Gasteiger partial charge is 0.458 e. The van der Waals surface area contributed by atoms with Crippen molar-refractivity contribution in [1.82, 2.24) is 0 Å². The average Bonchev–Trinajstić information content (AvgIpc) is 2.71. The molecule has 2 heteroatoms. The van der Waals surface area contributed by atoms with E-state index in [0.29, 0.717) is 5.76 Å². The van der Waals surface area contributed by atoms with Crippen LogP contribution in [0.25, 0.3) is 11.0 Å². The van der Waals surface area contributed by atoms with Crippen LogP contribution >= 0.6 is 0 Å². The maximum absolute atomic E-state index is 10.3. The number of aliphatic hydroxyl groups excluding tert-OH is 1. The van der Waals surface area contributed by atoms with Gasteiger partial charge in [-0.25, -0.2) is 0 Å². The van der Waals surface area contributed by atoms with E-state index in [1.807, 2.05) is 44.2 Å². The second kappa shape index (κ2) is 3.95. The van der Waals surface area contributed by atoms with Crippen LogP contribution in [0, 0.1) is 5.41 Å². The van der Waals surface area contributed by atoms with Crippen LogP contribution < -0.4 is 0 Å². The van der Waals surface area contributed by atoms with Gasteiger partial charge in [0.1, 0.15) is 17.4 Å². The maximum atomic E-state index is 10.3. The molecule has 0 spiro atoms. The zero-order valence-corrected chi connectivity index (χ0v) is 10.0. The molecule has 0 fully saturated rings. The molecule has 2 nitrogen and oxygen atoms in total. The van der Waals surface area contributed by atoms with Gasteiger partial charge in [0.25, 0.3) is 0 Å². The molecule has 0 amide bonds. The number of fused-ring (bicyclic) bond motifs is 1. The highest BCUT2D eigenvalue weighted by Crippen LogP contribution is 2.38. The lowest BCUT2D eigenvalue weighted by Crippen LogP contribution is -2.20. The molecule has 0 aliphatic heterocycles. The highest BCUT2D eigenvalue weighted by atomic mass is 16.4. The average molecular weight is 218 g/mol. The molecule has 0 aliphatic rings. The van der Waals surface area contributed by atoms with Gasteiger partial charge in [-0.1, -0.05) is 39.0 Å². The Morgan fingerprint density at radius 3 is 2.62 bits per heavy atom. The standard InChI is InChI=1S/C14H18O2/c1-4-14(2,3)13(15)12-9-10-7-5-6-8-11(10)16-12/h5-9,13,15H,4H2,1-3H3. The number of aliphatic hydroxyl groups is 1. The Bertz CT molecular complexity index is 449. The fourth-order valence-electron chi connectivity index (χ4n) is 1.72. The molecule has 2 rings (SSSR count). The quantitative estimate of drug-likeness (QED) is 0.847. The van der Waals surface area contributed by atoms with Gasteiger partial charge in [0.05, 0.1) is 0 Å². The Balaban J connectivity index is 2.40. The predicted molar refractivity (Wildman–Crippen MR) is 65.2 cm³/mol. The minimum absolute atomic E-state index is 0.159. The third kappa shape index (κ3) is 1.85. The number of furan rings is 1. The number of rotatable bonds is 3. The molecule has 16 heavy (non-hydrogen) atoms. The lowest BCUT2D eigenvalue weighted by molar-refractivity contribution is 0.0300. The van der Waals surface area contributed by atoms with Gasteiger partial charge in [0.15, 0.2) is 0 Å². The molecule has 2 aromatic rings. The molecule has 0 bridgehead atoms. The zero-order chi connectivity index (χ0) is 11.8. The Hall–Kier alpha value is -1.28. The summed E-state index contributed by atoms with van der Waals surface area (Å²) < 4.78 is 5.67. The predicted octanol–water partition coefficient (Wildman–Crippen LogP) is 3.90. The highest BCUT2D eigenvalue weighted by Gasteiger charge is 2.29. The normalized spacial score (nSPS) is 14.2. The molecule has 86 valence electrons. The van der Waals surface area contributed by atoms with Crippen molar-refractivity contribution in [2.75, 3.05) is 0 Å². The van der Waals surface area contributed by atoms with E-state index in [1.54, 1.807) is 0 Å². The fourth-order valence-corrected chi connectivity index (χ4v) is 1.72. The van der Waals surface area contributed by atoms with E-state index in [9.17, 15) is 5.11 Å². The van der Waals surface area contributed by atoms with Gasteiger partial charge in [-0.05, 0) is 24.0 Å². The van der Waals surface area contributed by atoms with Crippen molar-refractivity contribution >= 4 is 11.0 Å². The summed E-state index contributed by atoms with van der Waals surface area (Å²) in [5.74, 6) is 0.660. The Labute approximate surface area is 95.9 Å². The molecule has 0 saturated heterocycles. The first kappa shape index (κ1) is 11.2. The monoisotopic (exact) mass is 218 g/mol. The second-order valence-corrected chi connectivity index (χ2v) is 4.93. The summed E-state index contributed by atoms with van der Waals surface area (Å²) >= 11 is 0. The second-order valence-electron chi connectivity index (χ2n) is 4.93. The van der Waals surface area contributed by atoms with Crippen LogP contribution in [-0.4, -0.2) is 5.11 Å². The number of benzene rings is 1. The van der Waals surface area contributed by atoms with E-state index in [1.165, 1.54) is 0 Å². The summed E-state index contributed by atoms with van der Waals surface area (Å²) in [7, 11) is 0. The van der Waals surface area contributed by atoms with E-state index < -0.39 is 6.10 Å². The first-order valence-electron chi connectivity index (χ1n) is 5.71. The summed E-state index contributed by atoms with van der Waals surface area (Å²) in [6, 6.07) is 9.75. The summed E-state index contributed by atoms with van der Waals surface area (Å²) in [6.45, 7) is 6.17. The van der Waals surface area contributed by atoms with Crippen molar-refractivity contribution < 1.29 is 9.52 Å². The van der Waals surface area contributed by atoms with Crippen molar-refractivity contribution in [3.05, 3.63) is 36.1 Å². The Morgan fingerprint density at radius 1 is 1.31 bits per heavy atom. The SMILES string of the molecule is CCC(C)(C)C(O)c1cc2ccccc2o1. The van der Waals surface area contributed by atoms with E-state index in [2.05, 4.69) is 6.92 Å². The molecular formula is C14H18O2. The Morgan fingerprint density at radius 2 is 2.00 bits per heavy atom. The molecule has 1 aromatic heterocycles.